The number of rotatable bonds is 6. The first-order chi connectivity index (χ1) is 7.88. The van der Waals surface area contributed by atoms with Crippen molar-refractivity contribution in [1.82, 2.24) is 4.31 Å². The molecule has 6 nitrogen and oxygen atoms in total. The molecule has 0 spiro atoms. The van der Waals surface area contributed by atoms with E-state index in [0.29, 0.717) is 26.0 Å². The highest BCUT2D eigenvalue weighted by Gasteiger charge is 2.38. The summed E-state index contributed by atoms with van der Waals surface area (Å²) in [5, 5.41) is 8.95. The molecule has 1 fully saturated rings. The van der Waals surface area contributed by atoms with Gasteiger partial charge in [0.1, 0.15) is 6.04 Å². The van der Waals surface area contributed by atoms with E-state index in [1.54, 1.807) is 6.92 Å². The highest BCUT2D eigenvalue weighted by molar-refractivity contribution is 7.89. The smallest absolute Gasteiger partial charge is 0.322 e. The van der Waals surface area contributed by atoms with E-state index in [0.717, 1.165) is 4.31 Å². The molecule has 0 bridgehead atoms. The Labute approximate surface area is 102 Å². The number of hydrogen-bond donors (Lipinski definition) is 1. The Bertz CT molecular complexity index is 367. The summed E-state index contributed by atoms with van der Waals surface area (Å²) in [7, 11) is -1.99. The first kappa shape index (κ1) is 14.4. The van der Waals surface area contributed by atoms with Crippen LogP contribution in [-0.2, 0) is 19.6 Å². The van der Waals surface area contributed by atoms with Gasteiger partial charge in [-0.3, -0.25) is 4.79 Å². The zero-order valence-electron chi connectivity index (χ0n) is 10.1. The van der Waals surface area contributed by atoms with E-state index in [4.69, 9.17) is 9.84 Å². The molecule has 0 radical (unpaired) electrons. The van der Waals surface area contributed by atoms with Crippen molar-refractivity contribution in [2.24, 2.45) is 5.92 Å². The van der Waals surface area contributed by atoms with Gasteiger partial charge in [-0.2, -0.15) is 4.31 Å². The van der Waals surface area contributed by atoms with Crippen LogP contribution in [0.15, 0.2) is 0 Å². The summed E-state index contributed by atoms with van der Waals surface area (Å²) in [6, 6.07) is -0.894. The third kappa shape index (κ3) is 3.65. The Kier molecular flexibility index (Phi) is 4.91. The molecule has 1 saturated heterocycles. The quantitative estimate of drug-likeness (QED) is 0.739. The average molecular weight is 265 g/mol. The van der Waals surface area contributed by atoms with Gasteiger partial charge in [0.05, 0.1) is 5.75 Å². The minimum absolute atomic E-state index is 0.0649. The van der Waals surface area contributed by atoms with E-state index >= 15 is 0 Å². The second-order valence-electron chi connectivity index (χ2n) is 4.45. The average Bonchev–Trinajstić information content (AvgIpc) is 2.65. The molecule has 1 rings (SSSR count). The van der Waals surface area contributed by atoms with Gasteiger partial charge in [-0.15, -0.1) is 0 Å². The maximum Gasteiger partial charge on any atom is 0.322 e. The van der Waals surface area contributed by atoms with Crippen LogP contribution in [0.1, 0.15) is 19.8 Å². The Balaban J connectivity index is 2.72. The second-order valence-corrected chi connectivity index (χ2v) is 6.41. The van der Waals surface area contributed by atoms with Crippen LogP contribution in [0.5, 0.6) is 0 Å². The Hall–Kier alpha value is -0.660. The number of hydrogen-bond acceptors (Lipinski definition) is 4. The summed E-state index contributed by atoms with van der Waals surface area (Å²) in [6.07, 6.45) is 1.00. The molecule has 1 aliphatic rings. The molecule has 2 atom stereocenters. The van der Waals surface area contributed by atoms with Crippen molar-refractivity contribution in [3.63, 3.8) is 0 Å². The van der Waals surface area contributed by atoms with E-state index in [2.05, 4.69) is 0 Å². The lowest BCUT2D eigenvalue weighted by Crippen LogP contribution is -2.42. The maximum absolute atomic E-state index is 12.0. The third-order valence-corrected chi connectivity index (χ3v) is 4.93. The Morgan fingerprint density at radius 2 is 2.24 bits per heavy atom. The van der Waals surface area contributed by atoms with E-state index in [9.17, 15) is 13.2 Å². The highest BCUT2D eigenvalue weighted by Crippen LogP contribution is 2.22. The lowest BCUT2D eigenvalue weighted by Gasteiger charge is -2.22. The number of aliphatic carboxylic acids is 1. The van der Waals surface area contributed by atoms with Gasteiger partial charge in [0, 0.05) is 20.3 Å². The number of methoxy groups -OCH3 is 1. The van der Waals surface area contributed by atoms with Crippen LogP contribution in [0.3, 0.4) is 0 Å². The highest BCUT2D eigenvalue weighted by atomic mass is 32.2. The number of nitrogens with zero attached hydrogens (tertiary/aromatic N) is 1. The summed E-state index contributed by atoms with van der Waals surface area (Å²) in [4.78, 5) is 10.9. The fraction of sp³-hybridized carbons (Fsp3) is 0.900. The fourth-order valence-corrected chi connectivity index (χ4v) is 4.11. The zero-order chi connectivity index (χ0) is 13.1. The molecule has 100 valence electrons. The molecule has 1 N–H and O–H groups in total. The van der Waals surface area contributed by atoms with Crippen molar-refractivity contribution in [1.29, 1.82) is 0 Å². The Morgan fingerprint density at radius 1 is 1.59 bits per heavy atom. The van der Waals surface area contributed by atoms with Gasteiger partial charge in [0.15, 0.2) is 0 Å². The van der Waals surface area contributed by atoms with E-state index < -0.39 is 22.0 Å². The molecule has 1 heterocycles. The topological polar surface area (TPSA) is 83.9 Å². The number of carboxylic acid groups (broad SMARTS) is 1. The molecular formula is C10H19NO5S. The molecule has 17 heavy (non-hydrogen) atoms. The van der Waals surface area contributed by atoms with Gasteiger partial charge in [-0.1, -0.05) is 6.92 Å². The summed E-state index contributed by atoms with van der Waals surface area (Å²) < 4.78 is 30.1. The predicted molar refractivity (Wildman–Crippen MR) is 62.2 cm³/mol. The van der Waals surface area contributed by atoms with Crippen LogP contribution in [0, 0.1) is 5.92 Å². The SMILES string of the molecule is COCC(C)CS(=O)(=O)N1CCC[C@@H]1C(=O)O. The normalized spacial score (nSPS) is 23.8. The van der Waals surface area contributed by atoms with Crippen molar-refractivity contribution in [2.75, 3.05) is 26.0 Å². The minimum atomic E-state index is -3.50. The molecule has 1 unspecified atom stereocenters. The van der Waals surface area contributed by atoms with Gasteiger partial charge < -0.3 is 9.84 Å². The number of carbonyl (C=O) groups is 1. The van der Waals surface area contributed by atoms with Gasteiger partial charge in [0.2, 0.25) is 10.0 Å². The van der Waals surface area contributed by atoms with Crippen molar-refractivity contribution in [2.45, 2.75) is 25.8 Å². The first-order valence-electron chi connectivity index (χ1n) is 5.59. The van der Waals surface area contributed by atoms with Crippen molar-refractivity contribution >= 4 is 16.0 Å². The zero-order valence-corrected chi connectivity index (χ0v) is 10.9. The van der Waals surface area contributed by atoms with Crippen LogP contribution in [-0.4, -0.2) is 55.9 Å². The molecular weight excluding hydrogens is 246 g/mol. The molecule has 0 aromatic rings. The van der Waals surface area contributed by atoms with Crippen LogP contribution in [0.4, 0.5) is 0 Å². The van der Waals surface area contributed by atoms with E-state index in [-0.39, 0.29) is 11.7 Å². The first-order valence-corrected chi connectivity index (χ1v) is 7.20. The largest absolute Gasteiger partial charge is 0.480 e. The van der Waals surface area contributed by atoms with Crippen LogP contribution >= 0.6 is 0 Å². The number of ether oxygens (including phenoxy) is 1. The van der Waals surface area contributed by atoms with Crippen LogP contribution in [0.25, 0.3) is 0 Å². The van der Waals surface area contributed by atoms with Gasteiger partial charge >= 0.3 is 5.97 Å². The summed E-state index contributed by atoms with van der Waals surface area (Å²) >= 11 is 0. The fourth-order valence-electron chi connectivity index (χ4n) is 2.11. The summed E-state index contributed by atoms with van der Waals surface area (Å²) in [6.45, 7) is 2.43. The standard InChI is InChI=1S/C10H19NO5S/c1-8(6-16-2)7-17(14,15)11-5-3-4-9(11)10(12)13/h8-9H,3-7H2,1-2H3,(H,12,13)/t8?,9-/m1/s1. The van der Waals surface area contributed by atoms with Crippen molar-refractivity contribution in [3.8, 4) is 0 Å². The van der Waals surface area contributed by atoms with Crippen molar-refractivity contribution in [3.05, 3.63) is 0 Å². The van der Waals surface area contributed by atoms with Gasteiger partial charge in [-0.05, 0) is 18.8 Å². The Morgan fingerprint density at radius 3 is 2.76 bits per heavy atom. The molecule has 0 aliphatic carbocycles. The molecule has 0 aromatic carbocycles. The number of sulfonamides is 1. The maximum atomic E-state index is 12.0. The predicted octanol–water partition coefficient (Wildman–Crippen LogP) is 0.148. The molecule has 7 heteroatoms. The van der Waals surface area contributed by atoms with Crippen LogP contribution in [0.2, 0.25) is 0 Å². The number of carboxylic acids is 1. The minimum Gasteiger partial charge on any atom is -0.480 e. The molecule has 0 aromatic heterocycles. The van der Waals surface area contributed by atoms with Gasteiger partial charge in [0.25, 0.3) is 0 Å². The van der Waals surface area contributed by atoms with E-state index in [1.165, 1.54) is 7.11 Å². The molecule has 1 aliphatic heterocycles. The lowest BCUT2D eigenvalue weighted by atomic mass is 10.2. The third-order valence-electron chi connectivity index (χ3n) is 2.79. The monoisotopic (exact) mass is 265 g/mol. The second kappa shape index (κ2) is 5.79. The molecule has 0 amide bonds. The summed E-state index contributed by atoms with van der Waals surface area (Å²) in [5.41, 5.74) is 0. The van der Waals surface area contributed by atoms with Crippen molar-refractivity contribution < 1.29 is 23.1 Å². The summed E-state index contributed by atoms with van der Waals surface area (Å²) in [5.74, 6) is -1.27. The van der Waals surface area contributed by atoms with Crippen LogP contribution < -0.4 is 0 Å². The van der Waals surface area contributed by atoms with E-state index in [1.807, 2.05) is 0 Å². The lowest BCUT2D eigenvalue weighted by molar-refractivity contribution is -0.140. The van der Waals surface area contributed by atoms with Gasteiger partial charge in [-0.25, -0.2) is 8.42 Å². The molecule has 0 saturated carbocycles.